The minimum Gasteiger partial charge on any atom is -0.489 e. The van der Waals surface area contributed by atoms with E-state index < -0.39 is 0 Å². The molecule has 0 saturated carbocycles. The molecule has 0 spiro atoms. The normalized spacial score (nSPS) is 17.1. The van der Waals surface area contributed by atoms with Gasteiger partial charge in [0.25, 0.3) is 0 Å². The Bertz CT molecular complexity index is 595. The highest BCUT2D eigenvalue weighted by Crippen LogP contribution is 2.18. The number of esters is 1. The van der Waals surface area contributed by atoms with E-state index in [-0.39, 0.29) is 18.0 Å². The predicted molar refractivity (Wildman–Crippen MR) is 98.9 cm³/mol. The maximum absolute atomic E-state index is 11.6. The molecule has 6 heteroatoms. The van der Waals surface area contributed by atoms with Crippen LogP contribution in [-0.2, 0) is 9.53 Å². The van der Waals surface area contributed by atoms with Gasteiger partial charge in [0.05, 0.1) is 19.6 Å². The molecule has 1 aromatic rings. The highest BCUT2D eigenvalue weighted by molar-refractivity contribution is 5.80. The Kier molecular flexibility index (Phi) is 7.10. The summed E-state index contributed by atoms with van der Waals surface area (Å²) in [5.41, 5.74) is 1.18. The predicted octanol–water partition coefficient (Wildman–Crippen LogP) is 2.22. The van der Waals surface area contributed by atoms with Crippen LogP contribution in [0, 0.1) is 12.8 Å². The Labute approximate surface area is 150 Å². The number of likely N-dealkylation sites (tertiary alicyclic amines) is 1. The lowest BCUT2D eigenvalue weighted by molar-refractivity contribution is -0.146. The average Bonchev–Trinajstić information content (AvgIpc) is 2.62. The molecule has 1 unspecified atom stereocenters. The summed E-state index contributed by atoms with van der Waals surface area (Å²) < 4.78 is 10.8. The average molecular weight is 347 g/mol. The van der Waals surface area contributed by atoms with E-state index >= 15 is 0 Å². The SMILES string of the molecule is CN=C(NCC(C)Oc1cccc(C)c1)N1CCC(C(=O)OC)CC1. The number of guanidine groups is 1. The van der Waals surface area contributed by atoms with Crippen LogP contribution in [0.1, 0.15) is 25.3 Å². The van der Waals surface area contributed by atoms with Gasteiger partial charge in [0.1, 0.15) is 11.9 Å². The van der Waals surface area contributed by atoms with Crippen LogP contribution >= 0.6 is 0 Å². The monoisotopic (exact) mass is 347 g/mol. The third-order valence-corrected chi connectivity index (χ3v) is 4.42. The zero-order valence-electron chi connectivity index (χ0n) is 15.6. The van der Waals surface area contributed by atoms with Gasteiger partial charge in [0, 0.05) is 20.1 Å². The van der Waals surface area contributed by atoms with Gasteiger partial charge in [-0.3, -0.25) is 9.79 Å². The largest absolute Gasteiger partial charge is 0.489 e. The van der Waals surface area contributed by atoms with Crippen LogP contribution in [0.3, 0.4) is 0 Å². The van der Waals surface area contributed by atoms with Crippen molar-refractivity contribution in [3.05, 3.63) is 29.8 Å². The zero-order valence-corrected chi connectivity index (χ0v) is 15.6. The Morgan fingerprint density at radius 2 is 2.12 bits per heavy atom. The molecule has 1 aliphatic rings. The van der Waals surface area contributed by atoms with Crippen molar-refractivity contribution in [2.24, 2.45) is 10.9 Å². The fraction of sp³-hybridized carbons (Fsp3) is 0.579. The number of aliphatic imine (C=N–C) groups is 1. The number of rotatable bonds is 5. The molecule has 1 N–H and O–H groups in total. The van der Waals surface area contributed by atoms with E-state index in [0.29, 0.717) is 6.54 Å². The lowest BCUT2D eigenvalue weighted by Gasteiger charge is -2.33. The lowest BCUT2D eigenvalue weighted by atomic mass is 9.97. The quantitative estimate of drug-likeness (QED) is 0.503. The molecule has 0 aliphatic carbocycles. The van der Waals surface area contributed by atoms with Crippen molar-refractivity contribution < 1.29 is 14.3 Å². The van der Waals surface area contributed by atoms with Crippen LogP contribution in [-0.4, -0.2) is 56.7 Å². The van der Waals surface area contributed by atoms with Crippen molar-refractivity contribution in [1.29, 1.82) is 0 Å². The first-order valence-electron chi connectivity index (χ1n) is 8.80. The van der Waals surface area contributed by atoms with Crippen molar-refractivity contribution in [3.8, 4) is 5.75 Å². The first-order valence-corrected chi connectivity index (χ1v) is 8.80. The first-order chi connectivity index (χ1) is 12.0. The maximum Gasteiger partial charge on any atom is 0.308 e. The summed E-state index contributed by atoms with van der Waals surface area (Å²) in [4.78, 5) is 18.2. The summed E-state index contributed by atoms with van der Waals surface area (Å²) in [5.74, 6) is 1.62. The van der Waals surface area contributed by atoms with Crippen LogP contribution in [0.2, 0.25) is 0 Å². The molecule has 1 fully saturated rings. The van der Waals surface area contributed by atoms with Gasteiger partial charge in [-0.2, -0.15) is 0 Å². The van der Waals surface area contributed by atoms with E-state index in [1.54, 1.807) is 7.05 Å². The number of carbonyl (C=O) groups excluding carboxylic acids is 1. The molecule has 25 heavy (non-hydrogen) atoms. The highest BCUT2D eigenvalue weighted by atomic mass is 16.5. The maximum atomic E-state index is 11.6. The van der Waals surface area contributed by atoms with E-state index in [4.69, 9.17) is 9.47 Å². The minimum atomic E-state index is -0.109. The van der Waals surface area contributed by atoms with E-state index in [1.807, 2.05) is 25.1 Å². The van der Waals surface area contributed by atoms with E-state index in [2.05, 4.69) is 28.2 Å². The Morgan fingerprint density at radius 1 is 1.40 bits per heavy atom. The molecule has 1 heterocycles. The lowest BCUT2D eigenvalue weighted by Crippen LogP contribution is -2.48. The van der Waals surface area contributed by atoms with Gasteiger partial charge >= 0.3 is 5.97 Å². The molecule has 1 aliphatic heterocycles. The smallest absolute Gasteiger partial charge is 0.308 e. The van der Waals surface area contributed by atoms with Crippen LogP contribution in [0.25, 0.3) is 0 Å². The van der Waals surface area contributed by atoms with E-state index in [1.165, 1.54) is 12.7 Å². The summed E-state index contributed by atoms with van der Waals surface area (Å²) in [7, 11) is 3.23. The Hall–Kier alpha value is -2.24. The van der Waals surface area contributed by atoms with Gasteiger partial charge in [0.2, 0.25) is 0 Å². The summed E-state index contributed by atoms with van der Waals surface area (Å²) in [5, 5.41) is 3.37. The van der Waals surface area contributed by atoms with Gasteiger partial charge in [-0.1, -0.05) is 12.1 Å². The molecule has 0 amide bonds. The van der Waals surface area contributed by atoms with Crippen LogP contribution < -0.4 is 10.1 Å². The number of benzene rings is 1. The standard InChI is InChI=1S/C19H29N3O3/c1-14-6-5-7-17(12-14)25-15(2)13-21-19(20-3)22-10-8-16(9-11-22)18(23)24-4/h5-7,12,15-16H,8-11,13H2,1-4H3,(H,20,21). The van der Waals surface area contributed by atoms with Crippen molar-refractivity contribution in [1.82, 2.24) is 10.2 Å². The third kappa shape index (κ3) is 5.66. The number of carbonyl (C=O) groups is 1. The third-order valence-electron chi connectivity index (χ3n) is 4.42. The minimum absolute atomic E-state index is 0.00272. The van der Waals surface area contributed by atoms with Gasteiger partial charge in [-0.25, -0.2) is 0 Å². The summed E-state index contributed by atoms with van der Waals surface area (Å²) in [6.45, 7) is 6.35. The number of piperidine rings is 1. The molecule has 6 nitrogen and oxygen atoms in total. The summed E-state index contributed by atoms with van der Waals surface area (Å²) in [6.07, 6.45) is 1.61. The van der Waals surface area contributed by atoms with Crippen LogP contribution in [0.15, 0.2) is 29.3 Å². The fourth-order valence-electron chi connectivity index (χ4n) is 3.02. The second-order valence-corrected chi connectivity index (χ2v) is 6.46. The molecule has 1 atom stereocenters. The number of nitrogens with one attached hydrogen (secondary N) is 1. The van der Waals surface area contributed by atoms with E-state index in [0.717, 1.165) is 37.6 Å². The van der Waals surface area contributed by atoms with Crippen LogP contribution in [0.5, 0.6) is 5.75 Å². The van der Waals surface area contributed by atoms with Crippen molar-refractivity contribution >= 4 is 11.9 Å². The molecule has 0 radical (unpaired) electrons. The topological polar surface area (TPSA) is 63.2 Å². The van der Waals surface area contributed by atoms with Gasteiger partial charge < -0.3 is 19.7 Å². The fourth-order valence-corrected chi connectivity index (χ4v) is 3.02. The Balaban J connectivity index is 1.79. The number of aryl methyl sites for hydroxylation is 1. The molecule has 1 aromatic carbocycles. The molecule has 0 bridgehead atoms. The molecular weight excluding hydrogens is 318 g/mol. The molecular formula is C19H29N3O3. The molecule has 2 rings (SSSR count). The number of ether oxygens (including phenoxy) is 2. The van der Waals surface area contributed by atoms with Crippen LogP contribution in [0.4, 0.5) is 0 Å². The summed E-state index contributed by atoms with van der Waals surface area (Å²) in [6, 6.07) is 8.05. The van der Waals surface area contributed by atoms with Gasteiger partial charge in [-0.15, -0.1) is 0 Å². The number of hydrogen-bond acceptors (Lipinski definition) is 4. The number of nitrogens with zero attached hydrogens (tertiary/aromatic N) is 2. The van der Waals surface area contributed by atoms with Crippen molar-refractivity contribution in [2.45, 2.75) is 32.8 Å². The number of methoxy groups -OCH3 is 1. The first kappa shape index (κ1) is 19.1. The highest BCUT2D eigenvalue weighted by Gasteiger charge is 2.27. The van der Waals surface area contributed by atoms with Gasteiger partial charge in [0.15, 0.2) is 5.96 Å². The molecule has 1 saturated heterocycles. The van der Waals surface area contributed by atoms with Gasteiger partial charge in [-0.05, 0) is 44.4 Å². The zero-order chi connectivity index (χ0) is 18.2. The molecule has 0 aromatic heterocycles. The molecule has 138 valence electrons. The second kappa shape index (κ2) is 9.30. The second-order valence-electron chi connectivity index (χ2n) is 6.46. The summed E-state index contributed by atoms with van der Waals surface area (Å²) >= 11 is 0. The van der Waals surface area contributed by atoms with Crippen molar-refractivity contribution in [3.63, 3.8) is 0 Å². The van der Waals surface area contributed by atoms with E-state index in [9.17, 15) is 4.79 Å². The van der Waals surface area contributed by atoms with Crippen molar-refractivity contribution in [2.75, 3.05) is 33.8 Å². The number of hydrogen-bond donors (Lipinski definition) is 1. The Morgan fingerprint density at radius 3 is 2.72 bits per heavy atom.